The Hall–Kier alpha value is -2.11. The molecule has 2 rings (SSSR count). The third-order valence-corrected chi connectivity index (χ3v) is 4.21. The number of carbonyl (C=O) groups excluding carboxylic acids is 1. The molecule has 1 atom stereocenters. The Labute approximate surface area is 154 Å². The third kappa shape index (κ3) is 7.11. The number of amides is 2. The summed E-state index contributed by atoms with van der Waals surface area (Å²) in [6.07, 6.45) is 8.16. The molecule has 5 nitrogen and oxygen atoms in total. The highest BCUT2D eigenvalue weighted by atomic mass is 35.5. The van der Waals surface area contributed by atoms with Gasteiger partial charge in [0.05, 0.1) is 5.03 Å². The summed E-state index contributed by atoms with van der Waals surface area (Å²) < 4.78 is 0. The molecule has 6 heteroatoms. The van der Waals surface area contributed by atoms with Gasteiger partial charge in [-0.1, -0.05) is 35.9 Å². The van der Waals surface area contributed by atoms with Crippen LogP contribution in [-0.2, 0) is 0 Å². The van der Waals surface area contributed by atoms with Crippen LogP contribution in [0.15, 0.2) is 53.0 Å². The Morgan fingerprint density at radius 3 is 2.88 bits per heavy atom. The lowest BCUT2D eigenvalue weighted by molar-refractivity contribution is 0.252. The summed E-state index contributed by atoms with van der Waals surface area (Å²) in [5.41, 5.74) is 2.07. The van der Waals surface area contributed by atoms with Crippen LogP contribution in [0.2, 0.25) is 0 Å². The van der Waals surface area contributed by atoms with E-state index in [1.807, 2.05) is 12.1 Å². The second-order valence-electron chi connectivity index (χ2n) is 5.88. The van der Waals surface area contributed by atoms with E-state index in [4.69, 9.17) is 11.6 Å². The Morgan fingerprint density at radius 1 is 1.40 bits per heavy atom. The number of hydrogen-bond acceptors (Lipinski definition) is 3. The molecule has 25 heavy (non-hydrogen) atoms. The summed E-state index contributed by atoms with van der Waals surface area (Å²) in [4.78, 5) is 15.9. The summed E-state index contributed by atoms with van der Waals surface area (Å²) in [6.45, 7) is 5.90. The SMILES string of the molecule is C=CC/C=C(/Cl)C=NCNC(=O)Nc1ccc(C2CCCNC2)cc1. The molecule has 0 aliphatic carbocycles. The fourth-order valence-electron chi connectivity index (χ4n) is 2.65. The van der Waals surface area contributed by atoms with Gasteiger partial charge in [-0.2, -0.15) is 0 Å². The molecule has 2 amide bonds. The molecule has 0 saturated carbocycles. The first-order chi connectivity index (χ1) is 12.2. The quantitative estimate of drug-likeness (QED) is 0.508. The molecule has 3 N–H and O–H groups in total. The van der Waals surface area contributed by atoms with Crippen LogP contribution in [0.1, 0.15) is 30.7 Å². The molecule has 1 aromatic carbocycles. The number of piperidine rings is 1. The van der Waals surface area contributed by atoms with E-state index in [2.05, 4.69) is 39.7 Å². The minimum atomic E-state index is -0.296. The van der Waals surface area contributed by atoms with Crippen molar-refractivity contribution in [1.82, 2.24) is 10.6 Å². The van der Waals surface area contributed by atoms with Crippen LogP contribution in [0.3, 0.4) is 0 Å². The van der Waals surface area contributed by atoms with Crippen LogP contribution < -0.4 is 16.0 Å². The average Bonchev–Trinajstić information content (AvgIpc) is 2.65. The van der Waals surface area contributed by atoms with Crippen molar-refractivity contribution in [3.63, 3.8) is 0 Å². The number of anilines is 1. The molecule has 134 valence electrons. The molecule has 0 bridgehead atoms. The van der Waals surface area contributed by atoms with Crippen LogP contribution in [0.4, 0.5) is 10.5 Å². The van der Waals surface area contributed by atoms with E-state index in [-0.39, 0.29) is 12.7 Å². The van der Waals surface area contributed by atoms with Gasteiger partial charge in [-0.3, -0.25) is 4.99 Å². The summed E-state index contributed by atoms with van der Waals surface area (Å²) in [5.74, 6) is 0.560. The van der Waals surface area contributed by atoms with Gasteiger partial charge < -0.3 is 16.0 Å². The van der Waals surface area contributed by atoms with E-state index >= 15 is 0 Å². The van der Waals surface area contributed by atoms with Crippen molar-refractivity contribution in [2.24, 2.45) is 4.99 Å². The lowest BCUT2D eigenvalue weighted by atomic mass is 9.92. The molecule has 1 fully saturated rings. The van der Waals surface area contributed by atoms with E-state index < -0.39 is 0 Å². The molecule has 1 unspecified atom stereocenters. The van der Waals surface area contributed by atoms with Crippen molar-refractivity contribution in [3.8, 4) is 0 Å². The molecule has 1 aromatic rings. The van der Waals surface area contributed by atoms with Crippen LogP contribution in [0.5, 0.6) is 0 Å². The summed E-state index contributed by atoms with van der Waals surface area (Å²) in [6, 6.07) is 7.73. The zero-order valence-corrected chi connectivity index (χ0v) is 15.1. The number of allylic oxidation sites excluding steroid dienone is 3. The monoisotopic (exact) mass is 360 g/mol. The highest BCUT2D eigenvalue weighted by molar-refractivity contribution is 6.39. The van der Waals surface area contributed by atoms with Gasteiger partial charge in [0, 0.05) is 18.4 Å². The lowest BCUT2D eigenvalue weighted by Crippen LogP contribution is -2.29. The van der Waals surface area contributed by atoms with Crippen molar-refractivity contribution < 1.29 is 4.79 Å². The minimum Gasteiger partial charge on any atom is -0.319 e. The van der Waals surface area contributed by atoms with Crippen LogP contribution >= 0.6 is 11.6 Å². The maximum Gasteiger partial charge on any atom is 0.320 e. The fourth-order valence-corrected chi connectivity index (χ4v) is 2.81. The van der Waals surface area contributed by atoms with Gasteiger partial charge in [0.25, 0.3) is 0 Å². The summed E-state index contributed by atoms with van der Waals surface area (Å²) in [7, 11) is 0. The van der Waals surface area contributed by atoms with E-state index in [1.165, 1.54) is 24.6 Å². The maximum atomic E-state index is 11.8. The minimum absolute atomic E-state index is 0.163. The van der Waals surface area contributed by atoms with Crippen molar-refractivity contribution >= 4 is 29.5 Å². The zero-order valence-electron chi connectivity index (χ0n) is 14.3. The molecular weight excluding hydrogens is 336 g/mol. The van der Waals surface area contributed by atoms with Gasteiger partial charge in [-0.25, -0.2) is 4.79 Å². The Bertz CT molecular complexity index is 619. The normalized spacial score (nSPS) is 18.1. The Kier molecular flexibility index (Phi) is 8.22. The number of rotatable bonds is 7. The topological polar surface area (TPSA) is 65.5 Å². The van der Waals surface area contributed by atoms with Crippen LogP contribution in [-0.4, -0.2) is 32.0 Å². The third-order valence-electron chi connectivity index (χ3n) is 3.96. The Balaban J connectivity index is 1.74. The molecule has 1 aliphatic rings. The van der Waals surface area contributed by atoms with Crippen molar-refractivity contribution in [1.29, 1.82) is 0 Å². The molecule has 0 spiro atoms. The number of urea groups is 1. The molecule has 0 radical (unpaired) electrons. The van der Waals surface area contributed by atoms with Gasteiger partial charge in [0.1, 0.15) is 6.67 Å². The van der Waals surface area contributed by atoms with E-state index in [0.717, 1.165) is 18.8 Å². The highest BCUT2D eigenvalue weighted by Gasteiger charge is 2.14. The van der Waals surface area contributed by atoms with Gasteiger partial charge in [0.15, 0.2) is 0 Å². The average molecular weight is 361 g/mol. The fraction of sp³-hybridized carbons (Fsp3) is 0.368. The number of nitrogens with one attached hydrogen (secondary N) is 3. The largest absolute Gasteiger partial charge is 0.320 e. The number of halogens is 1. The zero-order chi connectivity index (χ0) is 17.9. The molecule has 0 aromatic heterocycles. The smallest absolute Gasteiger partial charge is 0.319 e. The van der Waals surface area contributed by atoms with Gasteiger partial charge >= 0.3 is 6.03 Å². The van der Waals surface area contributed by atoms with Crippen molar-refractivity contribution in [3.05, 3.63) is 53.6 Å². The number of aliphatic imine (C=N–C) groups is 1. The maximum absolute atomic E-state index is 11.8. The van der Waals surface area contributed by atoms with Crippen LogP contribution in [0.25, 0.3) is 0 Å². The molecule has 1 saturated heterocycles. The lowest BCUT2D eigenvalue weighted by Gasteiger charge is -2.23. The second-order valence-corrected chi connectivity index (χ2v) is 6.32. The number of benzene rings is 1. The van der Waals surface area contributed by atoms with Gasteiger partial charge in [-0.05, 0) is 49.4 Å². The number of nitrogens with zero attached hydrogens (tertiary/aromatic N) is 1. The molecule has 1 heterocycles. The van der Waals surface area contributed by atoms with Crippen molar-refractivity contribution in [2.75, 3.05) is 25.1 Å². The predicted octanol–water partition coefficient (Wildman–Crippen LogP) is 4.00. The highest BCUT2D eigenvalue weighted by Crippen LogP contribution is 2.24. The van der Waals surface area contributed by atoms with Crippen LogP contribution in [0, 0.1) is 0 Å². The summed E-state index contributed by atoms with van der Waals surface area (Å²) >= 11 is 5.91. The second kappa shape index (κ2) is 10.7. The predicted molar refractivity (Wildman–Crippen MR) is 106 cm³/mol. The molecular formula is C19H25ClN4O. The summed E-state index contributed by atoms with van der Waals surface area (Å²) in [5, 5.41) is 9.39. The first kappa shape index (κ1) is 19.2. The van der Waals surface area contributed by atoms with E-state index in [9.17, 15) is 4.79 Å². The first-order valence-electron chi connectivity index (χ1n) is 8.51. The van der Waals surface area contributed by atoms with Gasteiger partial charge in [0.2, 0.25) is 0 Å². The Morgan fingerprint density at radius 2 is 2.20 bits per heavy atom. The van der Waals surface area contributed by atoms with E-state index in [0.29, 0.717) is 17.4 Å². The van der Waals surface area contributed by atoms with Crippen molar-refractivity contribution in [2.45, 2.75) is 25.2 Å². The number of hydrogen-bond donors (Lipinski definition) is 3. The first-order valence-corrected chi connectivity index (χ1v) is 8.88. The van der Waals surface area contributed by atoms with Gasteiger partial charge in [-0.15, -0.1) is 6.58 Å². The van der Waals surface area contributed by atoms with E-state index in [1.54, 1.807) is 12.2 Å². The standard InChI is InChI=1S/C19H25ClN4O/c1-2-3-6-17(20)13-22-14-23-19(25)24-18-9-7-15(8-10-18)16-5-4-11-21-12-16/h2,6-10,13,16,21H,1,3-5,11-12,14H2,(H2,23,24,25)/b17-6+,22-13?. The number of carbonyl (C=O) groups is 1. The molecule has 1 aliphatic heterocycles.